The van der Waals surface area contributed by atoms with E-state index in [0.717, 1.165) is 16.5 Å². The SMILES string of the molecule is Cc1ccc(OCc2cc(=O)oc3cc(C)c(C(C)C)cc23)c([N+](=O)[O-])n1. The summed E-state index contributed by atoms with van der Waals surface area (Å²) in [6, 6.07) is 8.33. The molecular weight excluding hydrogens is 348 g/mol. The third-order valence-corrected chi connectivity index (χ3v) is 4.37. The largest absolute Gasteiger partial charge is 0.481 e. The maximum Gasteiger partial charge on any atom is 0.406 e. The first kappa shape index (κ1) is 18.6. The fourth-order valence-electron chi connectivity index (χ4n) is 3.06. The molecule has 0 saturated heterocycles. The summed E-state index contributed by atoms with van der Waals surface area (Å²) in [6.45, 7) is 7.81. The third kappa shape index (κ3) is 3.81. The molecule has 0 aliphatic carbocycles. The van der Waals surface area contributed by atoms with Gasteiger partial charge in [0.05, 0.1) is 0 Å². The van der Waals surface area contributed by atoms with Crippen LogP contribution in [0.15, 0.2) is 39.5 Å². The van der Waals surface area contributed by atoms with E-state index in [1.165, 1.54) is 12.1 Å². The Morgan fingerprint density at radius 2 is 1.96 bits per heavy atom. The zero-order valence-electron chi connectivity index (χ0n) is 15.6. The normalized spacial score (nSPS) is 11.1. The topological polar surface area (TPSA) is 95.5 Å². The number of hydrogen-bond donors (Lipinski definition) is 0. The van der Waals surface area contributed by atoms with Crippen molar-refractivity contribution in [2.75, 3.05) is 0 Å². The first-order chi connectivity index (χ1) is 12.8. The smallest absolute Gasteiger partial charge is 0.406 e. The minimum atomic E-state index is -0.583. The van der Waals surface area contributed by atoms with E-state index in [1.807, 2.05) is 19.1 Å². The highest BCUT2D eigenvalue weighted by atomic mass is 16.6. The maximum absolute atomic E-state index is 11.9. The summed E-state index contributed by atoms with van der Waals surface area (Å²) in [4.78, 5) is 26.5. The van der Waals surface area contributed by atoms with Crippen molar-refractivity contribution in [1.29, 1.82) is 0 Å². The molecule has 27 heavy (non-hydrogen) atoms. The Labute approximate surface area is 155 Å². The molecule has 0 spiro atoms. The second-order valence-electron chi connectivity index (χ2n) is 6.77. The van der Waals surface area contributed by atoms with Gasteiger partial charge < -0.3 is 19.3 Å². The molecule has 0 aliphatic rings. The van der Waals surface area contributed by atoms with E-state index in [0.29, 0.717) is 22.8 Å². The monoisotopic (exact) mass is 368 g/mol. The second-order valence-corrected chi connectivity index (χ2v) is 6.77. The summed E-state index contributed by atoms with van der Waals surface area (Å²) in [7, 11) is 0. The molecule has 2 heterocycles. The minimum absolute atomic E-state index is 0.00568. The molecule has 0 saturated carbocycles. The van der Waals surface area contributed by atoms with Gasteiger partial charge in [-0.3, -0.25) is 0 Å². The van der Waals surface area contributed by atoms with Gasteiger partial charge >= 0.3 is 11.4 Å². The van der Waals surface area contributed by atoms with Crippen molar-refractivity contribution in [3.8, 4) is 5.75 Å². The predicted molar refractivity (Wildman–Crippen MR) is 101 cm³/mol. The summed E-state index contributed by atoms with van der Waals surface area (Å²) in [6.07, 6.45) is 0. The van der Waals surface area contributed by atoms with Crippen LogP contribution in [0, 0.1) is 24.0 Å². The Morgan fingerprint density at radius 1 is 1.22 bits per heavy atom. The molecule has 7 heteroatoms. The van der Waals surface area contributed by atoms with Crippen LogP contribution in [0.3, 0.4) is 0 Å². The lowest BCUT2D eigenvalue weighted by Crippen LogP contribution is -2.06. The highest BCUT2D eigenvalue weighted by Crippen LogP contribution is 2.29. The van der Waals surface area contributed by atoms with Crippen LogP contribution in [-0.2, 0) is 6.61 Å². The minimum Gasteiger partial charge on any atom is -0.481 e. The number of nitrogens with zero attached hydrogens (tertiary/aromatic N) is 2. The van der Waals surface area contributed by atoms with Gasteiger partial charge in [0.1, 0.15) is 17.9 Å². The van der Waals surface area contributed by atoms with Crippen LogP contribution < -0.4 is 10.4 Å². The number of hydrogen-bond acceptors (Lipinski definition) is 6. The van der Waals surface area contributed by atoms with E-state index in [-0.39, 0.29) is 18.2 Å². The number of pyridine rings is 1. The molecule has 0 aliphatic heterocycles. The van der Waals surface area contributed by atoms with Crippen LogP contribution >= 0.6 is 0 Å². The molecule has 0 unspecified atom stereocenters. The standard InChI is InChI=1S/C20H20N2O5/c1-11(2)15-9-16-14(8-19(23)27-18(16)7-12(15)3)10-26-17-6-5-13(4)21-20(17)22(24)25/h5-9,11H,10H2,1-4H3. The Bertz CT molecular complexity index is 1090. The molecule has 0 amide bonds. The van der Waals surface area contributed by atoms with Crippen molar-refractivity contribution in [3.05, 3.63) is 73.3 Å². The highest BCUT2D eigenvalue weighted by molar-refractivity contribution is 5.82. The van der Waals surface area contributed by atoms with Gasteiger partial charge in [-0.25, -0.2) is 4.79 Å². The first-order valence-electron chi connectivity index (χ1n) is 8.58. The van der Waals surface area contributed by atoms with Gasteiger partial charge in [-0.2, -0.15) is 0 Å². The quantitative estimate of drug-likeness (QED) is 0.376. The van der Waals surface area contributed by atoms with E-state index in [9.17, 15) is 14.9 Å². The number of benzene rings is 1. The number of aryl methyl sites for hydroxylation is 2. The Balaban J connectivity index is 2.04. The number of nitro groups is 1. The van der Waals surface area contributed by atoms with Gasteiger partial charge in [-0.05, 0) is 58.1 Å². The molecule has 0 atom stereocenters. The lowest BCUT2D eigenvalue weighted by atomic mass is 9.95. The third-order valence-electron chi connectivity index (χ3n) is 4.37. The highest BCUT2D eigenvalue weighted by Gasteiger charge is 2.19. The van der Waals surface area contributed by atoms with Gasteiger partial charge in [0.2, 0.25) is 5.75 Å². The summed E-state index contributed by atoms with van der Waals surface area (Å²) >= 11 is 0. The van der Waals surface area contributed by atoms with Crippen LogP contribution in [-0.4, -0.2) is 9.91 Å². The van der Waals surface area contributed by atoms with Crippen LogP contribution in [0.4, 0.5) is 5.82 Å². The van der Waals surface area contributed by atoms with Crippen LogP contribution in [0.2, 0.25) is 0 Å². The lowest BCUT2D eigenvalue weighted by molar-refractivity contribution is -0.390. The molecule has 0 bridgehead atoms. The van der Waals surface area contributed by atoms with Gasteiger partial charge in [0, 0.05) is 23.9 Å². The molecule has 1 aromatic carbocycles. The van der Waals surface area contributed by atoms with Crippen molar-refractivity contribution >= 4 is 16.8 Å². The molecule has 3 rings (SSSR count). The fourth-order valence-corrected chi connectivity index (χ4v) is 3.06. The first-order valence-corrected chi connectivity index (χ1v) is 8.58. The molecule has 3 aromatic rings. The number of rotatable bonds is 5. The van der Waals surface area contributed by atoms with Gasteiger partial charge in [-0.1, -0.05) is 13.8 Å². The molecule has 140 valence electrons. The van der Waals surface area contributed by atoms with E-state index in [4.69, 9.17) is 9.15 Å². The molecule has 7 nitrogen and oxygen atoms in total. The van der Waals surface area contributed by atoms with Crippen molar-refractivity contribution in [2.45, 2.75) is 40.2 Å². The molecular formula is C20H20N2O5. The van der Waals surface area contributed by atoms with Crippen molar-refractivity contribution < 1.29 is 14.1 Å². The fraction of sp³-hybridized carbons (Fsp3) is 0.300. The summed E-state index contributed by atoms with van der Waals surface area (Å²) < 4.78 is 11.0. The Kier molecular flexibility index (Phi) is 4.94. The predicted octanol–water partition coefficient (Wildman–Crippen LogP) is 4.42. The van der Waals surface area contributed by atoms with E-state index >= 15 is 0 Å². The van der Waals surface area contributed by atoms with Gasteiger partial charge in [0.25, 0.3) is 0 Å². The van der Waals surface area contributed by atoms with Crippen molar-refractivity contribution in [2.24, 2.45) is 0 Å². The van der Waals surface area contributed by atoms with E-state index < -0.39 is 10.5 Å². The Hall–Kier alpha value is -3.22. The number of aromatic nitrogens is 1. The average molecular weight is 368 g/mol. The van der Waals surface area contributed by atoms with Crippen molar-refractivity contribution in [3.63, 3.8) is 0 Å². The molecule has 0 radical (unpaired) electrons. The van der Waals surface area contributed by atoms with Crippen molar-refractivity contribution in [1.82, 2.24) is 4.98 Å². The molecule has 0 N–H and O–H groups in total. The number of fused-ring (bicyclic) bond motifs is 1. The van der Waals surface area contributed by atoms with Crippen LogP contribution in [0.5, 0.6) is 5.75 Å². The lowest BCUT2D eigenvalue weighted by Gasteiger charge is -2.13. The van der Waals surface area contributed by atoms with Crippen LogP contribution in [0.1, 0.15) is 42.1 Å². The molecule has 2 aromatic heterocycles. The van der Waals surface area contributed by atoms with Gasteiger partial charge in [0.15, 0.2) is 0 Å². The number of ether oxygens (including phenoxy) is 1. The van der Waals surface area contributed by atoms with Gasteiger partial charge in [-0.15, -0.1) is 0 Å². The van der Waals surface area contributed by atoms with E-state index in [2.05, 4.69) is 18.8 Å². The maximum atomic E-state index is 11.9. The zero-order chi connectivity index (χ0) is 19.7. The second kappa shape index (κ2) is 7.19. The van der Waals surface area contributed by atoms with E-state index in [1.54, 1.807) is 13.0 Å². The van der Waals surface area contributed by atoms with Crippen LogP contribution in [0.25, 0.3) is 11.0 Å². The summed E-state index contributed by atoms with van der Waals surface area (Å²) in [5.74, 6) is 0.0154. The average Bonchev–Trinajstić information content (AvgIpc) is 2.59. The summed E-state index contributed by atoms with van der Waals surface area (Å²) in [5.41, 5.74) is 3.29. The summed E-state index contributed by atoms with van der Waals surface area (Å²) in [5, 5.41) is 12.0. The zero-order valence-corrected chi connectivity index (χ0v) is 15.6. The molecule has 0 fully saturated rings. The Morgan fingerprint density at radius 3 is 2.63 bits per heavy atom.